The molecule has 0 fully saturated rings. The molecule has 0 spiro atoms. The highest BCUT2D eigenvalue weighted by atomic mass is 16.6. The Morgan fingerprint density at radius 3 is 2.22 bits per heavy atom. The standard InChI is InChI=1S/C28H34O4/c1-4-11-21(5-2)16-17-30-19-24(32-27(29)6-3)20-31-28-25-14-9-7-12-22(25)18-23-13-8-10-15-26(23)28/h6-10,12-15,18,21,24H,3-5,11,16-17,19-20H2,1-2H3. The lowest BCUT2D eigenvalue weighted by molar-refractivity contribution is -0.148. The summed E-state index contributed by atoms with van der Waals surface area (Å²) >= 11 is 0. The summed E-state index contributed by atoms with van der Waals surface area (Å²) in [5, 5.41) is 4.29. The molecule has 0 saturated heterocycles. The summed E-state index contributed by atoms with van der Waals surface area (Å²) in [4.78, 5) is 11.9. The molecule has 0 aliphatic carbocycles. The number of ether oxygens (including phenoxy) is 3. The van der Waals surface area contributed by atoms with Crippen LogP contribution in [0.25, 0.3) is 21.5 Å². The average molecular weight is 435 g/mol. The molecule has 0 heterocycles. The van der Waals surface area contributed by atoms with Crippen molar-refractivity contribution in [3.05, 3.63) is 67.3 Å². The average Bonchev–Trinajstić information content (AvgIpc) is 2.83. The van der Waals surface area contributed by atoms with E-state index in [1.807, 2.05) is 24.3 Å². The molecule has 0 bridgehead atoms. The molecule has 2 atom stereocenters. The van der Waals surface area contributed by atoms with Gasteiger partial charge in [0.25, 0.3) is 0 Å². The highest BCUT2D eigenvalue weighted by Crippen LogP contribution is 2.35. The van der Waals surface area contributed by atoms with E-state index in [0.717, 1.165) is 40.1 Å². The Morgan fingerprint density at radius 1 is 0.969 bits per heavy atom. The van der Waals surface area contributed by atoms with Crippen LogP contribution in [0.1, 0.15) is 39.5 Å². The number of benzene rings is 3. The molecular formula is C28H34O4. The molecule has 3 aromatic carbocycles. The molecule has 32 heavy (non-hydrogen) atoms. The SMILES string of the molecule is C=CC(=O)OC(COCCC(CC)CCC)COc1c2ccccc2cc2ccccc12. The van der Waals surface area contributed by atoms with Gasteiger partial charge in [0.15, 0.2) is 6.10 Å². The van der Waals surface area contributed by atoms with Gasteiger partial charge in [-0.1, -0.05) is 88.2 Å². The van der Waals surface area contributed by atoms with Crippen LogP contribution < -0.4 is 4.74 Å². The maximum atomic E-state index is 11.9. The third kappa shape index (κ3) is 6.33. The Morgan fingerprint density at radius 2 is 1.62 bits per heavy atom. The zero-order chi connectivity index (χ0) is 22.8. The summed E-state index contributed by atoms with van der Waals surface area (Å²) in [6, 6.07) is 18.5. The number of carbonyl (C=O) groups excluding carboxylic acids is 1. The topological polar surface area (TPSA) is 44.8 Å². The van der Waals surface area contributed by atoms with Gasteiger partial charge in [-0.15, -0.1) is 0 Å². The number of rotatable bonds is 13. The molecule has 0 aliphatic heterocycles. The van der Waals surface area contributed by atoms with Gasteiger partial charge in [-0.05, 0) is 29.2 Å². The van der Waals surface area contributed by atoms with Crippen molar-refractivity contribution in [3.8, 4) is 5.75 Å². The number of carbonyl (C=O) groups is 1. The number of hydrogen-bond acceptors (Lipinski definition) is 4. The second-order valence-corrected chi connectivity index (χ2v) is 8.15. The molecule has 170 valence electrons. The maximum absolute atomic E-state index is 11.9. The van der Waals surface area contributed by atoms with Crippen LogP contribution in [0.2, 0.25) is 0 Å². The Kier molecular flexibility index (Phi) is 9.12. The van der Waals surface area contributed by atoms with Crippen molar-refractivity contribution < 1.29 is 19.0 Å². The highest BCUT2D eigenvalue weighted by Gasteiger charge is 2.17. The minimum Gasteiger partial charge on any atom is -0.488 e. The lowest BCUT2D eigenvalue weighted by atomic mass is 9.98. The lowest BCUT2D eigenvalue weighted by Crippen LogP contribution is -2.29. The Balaban J connectivity index is 1.72. The van der Waals surface area contributed by atoms with Crippen LogP contribution in [0.4, 0.5) is 0 Å². The van der Waals surface area contributed by atoms with Crippen LogP contribution in [-0.4, -0.2) is 31.9 Å². The summed E-state index contributed by atoms with van der Waals surface area (Å²) in [7, 11) is 0. The third-order valence-corrected chi connectivity index (χ3v) is 5.83. The van der Waals surface area contributed by atoms with E-state index in [1.54, 1.807) is 0 Å². The molecule has 0 aliphatic rings. The van der Waals surface area contributed by atoms with Gasteiger partial charge < -0.3 is 14.2 Å². The van der Waals surface area contributed by atoms with Crippen LogP contribution in [-0.2, 0) is 14.3 Å². The second-order valence-electron chi connectivity index (χ2n) is 8.15. The van der Waals surface area contributed by atoms with E-state index in [9.17, 15) is 4.79 Å². The van der Waals surface area contributed by atoms with Gasteiger partial charge in [0.05, 0.1) is 6.61 Å². The largest absolute Gasteiger partial charge is 0.488 e. The van der Waals surface area contributed by atoms with Crippen LogP contribution in [0.5, 0.6) is 5.75 Å². The van der Waals surface area contributed by atoms with E-state index < -0.39 is 12.1 Å². The minimum atomic E-state index is -0.510. The molecule has 0 N–H and O–H groups in total. The first kappa shape index (κ1) is 23.8. The van der Waals surface area contributed by atoms with E-state index >= 15 is 0 Å². The Hall–Kier alpha value is -2.85. The summed E-state index contributed by atoms with van der Waals surface area (Å²) < 4.78 is 17.7. The van der Waals surface area contributed by atoms with Gasteiger partial charge in [-0.2, -0.15) is 0 Å². The summed E-state index contributed by atoms with van der Waals surface area (Å²) in [6.45, 7) is 9.10. The second kappa shape index (κ2) is 12.3. The van der Waals surface area contributed by atoms with Crippen LogP contribution in [0, 0.1) is 5.92 Å². The fourth-order valence-electron chi connectivity index (χ4n) is 4.06. The molecule has 0 saturated carbocycles. The molecule has 0 aromatic heterocycles. The van der Waals surface area contributed by atoms with Crippen molar-refractivity contribution in [2.45, 2.75) is 45.6 Å². The molecule has 0 radical (unpaired) electrons. The Bertz CT molecular complexity index is 972. The molecule has 0 amide bonds. The van der Waals surface area contributed by atoms with Crippen LogP contribution in [0.3, 0.4) is 0 Å². The van der Waals surface area contributed by atoms with Gasteiger partial charge in [0, 0.05) is 23.5 Å². The zero-order valence-electron chi connectivity index (χ0n) is 19.2. The lowest BCUT2D eigenvalue weighted by Gasteiger charge is -2.20. The maximum Gasteiger partial charge on any atom is 0.330 e. The fraction of sp³-hybridized carbons (Fsp3) is 0.393. The molecule has 3 aromatic rings. The van der Waals surface area contributed by atoms with Crippen LogP contribution >= 0.6 is 0 Å². The van der Waals surface area contributed by atoms with Crippen molar-refractivity contribution in [1.29, 1.82) is 0 Å². The predicted octanol–water partition coefficient (Wildman–Crippen LogP) is 6.70. The zero-order valence-corrected chi connectivity index (χ0v) is 19.2. The monoisotopic (exact) mass is 434 g/mol. The molecule has 4 heteroatoms. The van der Waals surface area contributed by atoms with Gasteiger partial charge in [-0.3, -0.25) is 0 Å². The van der Waals surface area contributed by atoms with Crippen molar-refractivity contribution in [2.24, 2.45) is 5.92 Å². The van der Waals surface area contributed by atoms with Gasteiger partial charge in [0.2, 0.25) is 0 Å². The van der Waals surface area contributed by atoms with E-state index in [-0.39, 0.29) is 6.61 Å². The summed E-state index contributed by atoms with van der Waals surface area (Å²) in [6.07, 6.45) is 5.24. The van der Waals surface area contributed by atoms with E-state index in [0.29, 0.717) is 19.1 Å². The Labute approximate surface area is 191 Å². The number of hydrogen-bond donors (Lipinski definition) is 0. The number of fused-ring (bicyclic) bond motifs is 2. The first-order valence-corrected chi connectivity index (χ1v) is 11.6. The molecule has 2 unspecified atom stereocenters. The fourth-order valence-corrected chi connectivity index (χ4v) is 4.06. The van der Waals surface area contributed by atoms with E-state index in [1.165, 1.54) is 18.9 Å². The van der Waals surface area contributed by atoms with Crippen molar-refractivity contribution in [3.63, 3.8) is 0 Å². The quantitative estimate of drug-likeness (QED) is 0.130. The normalized spacial score (nSPS) is 13.1. The minimum absolute atomic E-state index is 0.212. The first-order valence-electron chi connectivity index (χ1n) is 11.6. The summed E-state index contributed by atoms with van der Waals surface area (Å²) in [5.41, 5.74) is 0. The van der Waals surface area contributed by atoms with Gasteiger partial charge >= 0.3 is 5.97 Å². The van der Waals surface area contributed by atoms with Gasteiger partial charge in [0.1, 0.15) is 12.4 Å². The van der Waals surface area contributed by atoms with E-state index in [2.05, 4.69) is 50.8 Å². The smallest absolute Gasteiger partial charge is 0.330 e. The van der Waals surface area contributed by atoms with Gasteiger partial charge in [-0.25, -0.2) is 4.79 Å². The predicted molar refractivity (Wildman–Crippen MR) is 131 cm³/mol. The third-order valence-electron chi connectivity index (χ3n) is 5.83. The molecular weight excluding hydrogens is 400 g/mol. The molecule has 3 rings (SSSR count). The first-order chi connectivity index (χ1) is 15.7. The van der Waals surface area contributed by atoms with Crippen molar-refractivity contribution in [2.75, 3.05) is 19.8 Å². The van der Waals surface area contributed by atoms with Crippen molar-refractivity contribution in [1.82, 2.24) is 0 Å². The van der Waals surface area contributed by atoms with Crippen LogP contribution in [0.15, 0.2) is 67.3 Å². The highest BCUT2D eigenvalue weighted by molar-refractivity contribution is 6.05. The molecule has 4 nitrogen and oxygen atoms in total. The van der Waals surface area contributed by atoms with Crippen molar-refractivity contribution >= 4 is 27.5 Å². The van der Waals surface area contributed by atoms with E-state index in [4.69, 9.17) is 14.2 Å². The number of esters is 1. The summed E-state index contributed by atoms with van der Waals surface area (Å²) in [5.74, 6) is 1.00.